The molecule has 2 aromatic rings. The van der Waals surface area contributed by atoms with Gasteiger partial charge in [0.1, 0.15) is 0 Å². The summed E-state index contributed by atoms with van der Waals surface area (Å²) in [5, 5.41) is 10.2. The van der Waals surface area contributed by atoms with E-state index in [4.69, 9.17) is 4.74 Å². The number of aryl methyl sites for hydroxylation is 2. The lowest BCUT2D eigenvalue weighted by atomic mass is 10.1. The number of morpholine rings is 1. The number of carboxylic acids is 1. The first-order valence-electron chi connectivity index (χ1n) is 7.47. The SMILES string of the molecule is Cc1ccc2nc(C)c(C(=O)N3CCOC[C@H]3C(=O)O)cc2c1. The molecule has 0 bridgehead atoms. The minimum atomic E-state index is -1.06. The summed E-state index contributed by atoms with van der Waals surface area (Å²) < 4.78 is 5.19. The Morgan fingerprint density at radius 1 is 1.30 bits per heavy atom. The first-order chi connectivity index (χ1) is 11.0. The molecule has 23 heavy (non-hydrogen) atoms. The second-order valence-corrected chi connectivity index (χ2v) is 5.74. The molecule has 1 saturated heterocycles. The number of hydrogen-bond acceptors (Lipinski definition) is 4. The average molecular weight is 314 g/mol. The third kappa shape index (κ3) is 2.90. The summed E-state index contributed by atoms with van der Waals surface area (Å²) in [7, 11) is 0. The van der Waals surface area contributed by atoms with Gasteiger partial charge in [0.25, 0.3) is 5.91 Å². The van der Waals surface area contributed by atoms with Gasteiger partial charge in [0, 0.05) is 11.9 Å². The van der Waals surface area contributed by atoms with Crippen LogP contribution in [-0.4, -0.2) is 52.7 Å². The summed E-state index contributed by atoms with van der Waals surface area (Å²) in [4.78, 5) is 30.0. The minimum Gasteiger partial charge on any atom is -0.480 e. The molecule has 2 heterocycles. The second kappa shape index (κ2) is 5.96. The van der Waals surface area contributed by atoms with E-state index in [9.17, 15) is 14.7 Å². The van der Waals surface area contributed by atoms with Crippen LogP contribution in [0, 0.1) is 13.8 Å². The molecule has 1 atom stereocenters. The van der Waals surface area contributed by atoms with E-state index in [1.807, 2.05) is 25.1 Å². The predicted molar refractivity (Wildman–Crippen MR) is 84.5 cm³/mol. The number of aromatic nitrogens is 1. The van der Waals surface area contributed by atoms with Gasteiger partial charge in [-0.1, -0.05) is 11.6 Å². The van der Waals surface area contributed by atoms with Gasteiger partial charge < -0.3 is 14.7 Å². The van der Waals surface area contributed by atoms with Gasteiger partial charge >= 0.3 is 5.97 Å². The van der Waals surface area contributed by atoms with E-state index in [1.165, 1.54) is 4.90 Å². The lowest BCUT2D eigenvalue weighted by Gasteiger charge is -2.33. The third-order valence-electron chi connectivity index (χ3n) is 4.07. The summed E-state index contributed by atoms with van der Waals surface area (Å²) >= 11 is 0. The number of hydrogen-bond donors (Lipinski definition) is 1. The topological polar surface area (TPSA) is 79.7 Å². The molecule has 6 heteroatoms. The van der Waals surface area contributed by atoms with Crippen LogP contribution in [0.25, 0.3) is 10.9 Å². The number of carboxylic acid groups (broad SMARTS) is 1. The Morgan fingerprint density at radius 3 is 2.83 bits per heavy atom. The molecule has 1 aromatic heterocycles. The summed E-state index contributed by atoms with van der Waals surface area (Å²) in [6.45, 7) is 4.36. The Labute approximate surface area is 133 Å². The van der Waals surface area contributed by atoms with Crippen LogP contribution < -0.4 is 0 Å². The van der Waals surface area contributed by atoms with Crippen LogP contribution in [-0.2, 0) is 9.53 Å². The lowest BCUT2D eigenvalue weighted by molar-refractivity contribution is -0.147. The molecule has 6 nitrogen and oxygen atoms in total. The molecule has 1 aromatic carbocycles. The molecule has 0 spiro atoms. The number of ether oxygens (including phenoxy) is 1. The van der Waals surface area contributed by atoms with Crippen LogP contribution >= 0.6 is 0 Å². The van der Waals surface area contributed by atoms with E-state index in [0.717, 1.165) is 16.5 Å². The van der Waals surface area contributed by atoms with Crippen molar-refractivity contribution in [1.82, 2.24) is 9.88 Å². The van der Waals surface area contributed by atoms with E-state index in [1.54, 1.807) is 13.0 Å². The highest BCUT2D eigenvalue weighted by atomic mass is 16.5. The van der Waals surface area contributed by atoms with Crippen molar-refractivity contribution in [2.75, 3.05) is 19.8 Å². The number of benzene rings is 1. The molecule has 3 rings (SSSR count). The van der Waals surface area contributed by atoms with E-state index in [2.05, 4.69) is 4.98 Å². The van der Waals surface area contributed by atoms with Gasteiger partial charge in [-0.2, -0.15) is 0 Å². The zero-order valence-corrected chi connectivity index (χ0v) is 13.1. The Balaban J connectivity index is 2.02. The summed E-state index contributed by atoms with van der Waals surface area (Å²) in [5.74, 6) is -1.37. The van der Waals surface area contributed by atoms with Gasteiger partial charge in [0.15, 0.2) is 6.04 Å². The van der Waals surface area contributed by atoms with Crippen molar-refractivity contribution in [1.29, 1.82) is 0 Å². The maximum atomic E-state index is 12.8. The van der Waals surface area contributed by atoms with Crippen LogP contribution in [0.2, 0.25) is 0 Å². The number of rotatable bonds is 2. The maximum absolute atomic E-state index is 12.8. The first kappa shape index (κ1) is 15.4. The molecular formula is C17H18N2O4. The second-order valence-electron chi connectivity index (χ2n) is 5.74. The predicted octanol–water partition coefficient (Wildman–Crippen LogP) is 1.78. The van der Waals surface area contributed by atoms with Crippen LogP contribution in [0.1, 0.15) is 21.6 Å². The zero-order chi connectivity index (χ0) is 16.6. The molecule has 0 aliphatic carbocycles. The molecule has 1 aliphatic heterocycles. The molecule has 1 N–H and O–H groups in total. The van der Waals surface area contributed by atoms with Crippen molar-refractivity contribution in [3.8, 4) is 0 Å². The molecule has 0 radical (unpaired) electrons. The Hall–Kier alpha value is -2.47. The number of pyridine rings is 1. The van der Waals surface area contributed by atoms with Gasteiger partial charge in [-0.15, -0.1) is 0 Å². The average Bonchev–Trinajstić information content (AvgIpc) is 2.54. The van der Waals surface area contributed by atoms with Crippen LogP contribution in [0.15, 0.2) is 24.3 Å². The highest BCUT2D eigenvalue weighted by molar-refractivity contribution is 6.00. The van der Waals surface area contributed by atoms with Crippen LogP contribution in [0.3, 0.4) is 0 Å². The minimum absolute atomic E-state index is 0.0141. The molecule has 0 saturated carbocycles. The molecule has 1 amide bonds. The van der Waals surface area contributed by atoms with Gasteiger partial charge in [0.05, 0.1) is 30.0 Å². The monoisotopic (exact) mass is 314 g/mol. The quantitative estimate of drug-likeness (QED) is 0.914. The Kier molecular flexibility index (Phi) is 4.00. The molecular weight excluding hydrogens is 296 g/mol. The maximum Gasteiger partial charge on any atom is 0.328 e. The third-order valence-corrected chi connectivity index (χ3v) is 4.07. The highest BCUT2D eigenvalue weighted by Gasteiger charge is 2.34. The lowest BCUT2D eigenvalue weighted by Crippen LogP contribution is -2.52. The van der Waals surface area contributed by atoms with Crippen molar-refractivity contribution >= 4 is 22.8 Å². The zero-order valence-electron chi connectivity index (χ0n) is 13.1. The van der Waals surface area contributed by atoms with Crippen molar-refractivity contribution in [2.24, 2.45) is 0 Å². The van der Waals surface area contributed by atoms with Crippen molar-refractivity contribution in [2.45, 2.75) is 19.9 Å². The van der Waals surface area contributed by atoms with Crippen LogP contribution in [0.4, 0.5) is 0 Å². The number of fused-ring (bicyclic) bond motifs is 1. The van der Waals surface area contributed by atoms with Crippen molar-refractivity contribution < 1.29 is 19.4 Å². The number of carbonyl (C=O) groups is 2. The number of aliphatic carboxylic acids is 1. The van der Waals surface area contributed by atoms with Gasteiger partial charge in [0.2, 0.25) is 0 Å². The Bertz CT molecular complexity index is 788. The number of amides is 1. The number of nitrogens with zero attached hydrogens (tertiary/aromatic N) is 2. The van der Waals surface area contributed by atoms with Crippen molar-refractivity contribution in [3.63, 3.8) is 0 Å². The Morgan fingerprint density at radius 2 is 2.09 bits per heavy atom. The fourth-order valence-electron chi connectivity index (χ4n) is 2.81. The van der Waals surface area contributed by atoms with E-state index in [0.29, 0.717) is 17.9 Å². The fourth-order valence-corrected chi connectivity index (χ4v) is 2.81. The highest BCUT2D eigenvalue weighted by Crippen LogP contribution is 2.21. The number of carbonyl (C=O) groups excluding carboxylic acids is 1. The van der Waals surface area contributed by atoms with Gasteiger partial charge in [-0.05, 0) is 32.0 Å². The molecule has 0 unspecified atom stereocenters. The standard InChI is InChI=1S/C17H18N2O4/c1-10-3-4-14-12(7-10)8-13(11(2)18-14)16(20)19-5-6-23-9-15(19)17(21)22/h3-4,7-8,15H,5-6,9H2,1-2H3,(H,21,22)/t15-/m0/s1. The van der Waals surface area contributed by atoms with Crippen molar-refractivity contribution in [3.05, 3.63) is 41.1 Å². The first-order valence-corrected chi connectivity index (χ1v) is 7.47. The van der Waals surface area contributed by atoms with Crippen LogP contribution in [0.5, 0.6) is 0 Å². The molecule has 1 aliphatic rings. The normalized spacial score (nSPS) is 18.2. The summed E-state index contributed by atoms with van der Waals surface area (Å²) in [6, 6.07) is 6.69. The molecule has 120 valence electrons. The van der Waals surface area contributed by atoms with E-state index >= 15 is 0 Å². The fraction of sp³-hybridized carbons (Fsp3) is 0.353. The van der Waals surface area contributed by atoms with Gasteiger partial charge in [-0.25, -0.2) is 4.79 Å². The van der Waals surface area contributed by atoms with E-state index in [-0.39, 0.29) is 19.1 Å². The molecule has 1 fully saturated rings. The smallest absolute Gasteiger partial charge is 0.328 e. The summed E-state index contributed by atoms with van der Waals surface area (Å²) in [6.07, 6.45) is 0. The van der Waals surface area contributed by atoms with E-state index < -0.39 is 12.0 Å². The van der Waals surface area contributed by atoms with Gasteiger partial charge in [-0.3, -0.25) is 9.78 Å². The summed E-state index contributed by atoms with van der Waals surface area (Å²) in [5.41, 5.74) is 2.94. The largest absolute Gasteiger partial charge is 0.480 e.